The van der Waals surface area contributed by atoms with Crippen molar-refractivity contribution in [3.63, 3.8) is 0 Å². The molecule has 0 fully saturated rings. The van der Waals surface area contributed by atoms with Crippen molar-refractivity contribution in [1.82, 2.24) is 4.90 Å². The summed E-state index contributed by atoms with van der Waals surface area (Å²) < 4.78 is 4.93. The minimum absolute atomic E-state index is 0.0836. The van der Waals surface area contributed by atoms with Crippen LogP contribution in [0.1, 0.15) is 28.6 Å². The van der Waals surface area contributed by atoms with Crippen molar-refractivity contribution in [3.8, 4) is 0 Å². The van der Waals surface area contributed by atoms with Gasteiger partial charge in [-0.15, -0.1) is 11.3 Å². The number of aryl methyl sites for hydroxylation is 1. The summed E-state index contributed by atoms with van der Waals surface area (Å²) in [5.74, 6) is -1.47. The van der Waals surface area contributed by atoms with Gasteiger partial charge in [0.25, 0.3) is 0 Å². The first-order valence-electron chi connectivity index (χ1n) is 6.36. The van der Waals surface area contributed by atoms with Crippen molar-refractivity contribution in [3.05, 3.63) is 16.5 Å². The number of nitrogens with one attached hydrogen (secondary N) is 1. The molecule has 0 unspecified atom stereocenters. The van der Waals surface area contributed by atoms with E-state index in [0.29, 0.717) is 10.6 Å². The SMILES string of the molecule is CCOC(=O)c1cc(C)sc1NC(=O)N(C)CCC(=O)O. The van der Waals surface area contributed by atoms with Crippen LogP contribution in [0.15, 0.2) is 6.07 Å². The van der Waals surface area contributed by atoms with Crippen molar-refractivity contribution in [2.24, 2.45) is 0 Å². The molecule has 1 aromatic heterocycles. The zero-order valence-corrected chi connectivity index (χ0v) is 13.0. The molecule has 2 amide bonds. The monoisotopic (exact) mass is 314 g/mol. The average molecular weight is 314 g/mol. The van der Waals surface area contributed by atoms with Crippen LogP contribution in [0.4, 0.5) is 9.80 Å². The number of ether oxygens (including phenoxy) is 1. The molecule has 0 aromatic carbocycles. The minimum atomic E-state index is -0.978. The summed E-state index contributed by atoms with van der Waals surface area (Å²) in [6.07, 6.45) is -0.141. The lowest BCUT2D eigenvalue weighted by atomic mass is 10.3. The second kappa shape index (κ2) is 7.63. The second-order valence-corrected chi connectivity index (χ2v) is 5.57. The molecule has 7 nitrogen and oxygen atoms in total. The number of amides is 2. The zero-order valence-electron chi connectivity index (χ0n) is 12.1. The Bertz CT molecular complexity index is 541. The number of nitrogens with zero attached hydrogens (tertiary/aromatic N) is 1. The molecule has 1 heterocycles. The number of anilines is 1. The topological polar surface area (TPSA) is 95.9 Å². The first kappa shape index (κ1) is 17.0. The highest BCUT2D eigenvalue weighted by atomic mass is 32.1. The van der Waals surface area contributed by atoms with Gasteiger partial charge >= 0.3 is 18.0 Å². The van der Waals surface area contributed by atoms with Gasteiger partial charge in [-0.1, -0.05) is 0 Å². The Balaban J connectivity index is 2.75. The van der Waals surface area contributed by atoms with E-state index in [1.54, 1.807) is 13.0 Å². The van der Waals surface area contributed by atoms with E-state index in [-0.39, 0.29) is 19.6 Å². The van der Waals surface area contributed by atoms with Gasteiger partial charge in [-0.2, -0.15) is 0 Å². The lowest BCUT2D eigenvalue weighted by Gasteiger charge is -2.16. The molecule has 0 bridgehead atoms. The van der Waals surface area contributed by atoms with Gasteiger partial charge in [-0.05, 0) is 19.9 Å². The van der Waals surface area contributed by atoms with Gasteiger partial charge in [0.2, 0.25) is 0 Å². The third kappa shape index (κ3) is 5.07. The fourth-order valence-corrected chi connectivity index (χ4v) is 2.41. The third-order valence-corrected chi connectivity index (χ3v) is 3.54. The normalized spacial score (nSPS) is 10.0. The number of carboxylic acids is 1. The maximum Gasteiger partial charge on any atom is 0.341 e. The van der Waals surface area contributed by atoms with E-state index in [1.165, 1.54) is 23.3 Å². The number of esters is 1. The number of carbonyl (C=O) groups excluding carboxylic acids is 2. The maximum absolute atomic E-state index is 11.9. The molecule has 116 valence electrons. The number of carboxylic acid groups (broad SMARTS) is 1. The molecule has 8 heteroatoms. The molecule has 21 heavy (non-hydrogen) atoms. The molecule has 0 aliphatic rings. The van der Waals surface area contributed by atoms with E-state index >= 15 is 0 Å². The van der Waals surface area contributed by atoms with Crippen LogP contribution in [0.5, 0.6) is 0 Å². The Hall–Kier alpha value is -2.09. The number of aliphatic carboxylic acids is 1. The molecule has 0 spiro atoms. The van der Waals surface area contributed by atoms with E-state index in [4.69, 9.17) is 9.84 Å². The molecule has 0 aliphatic heterocycles. The average Bonchev–Trinajstić information content (AvgIpc) is 2.77. The Morgan fingerprint density at radius 3 is 2.67 bits per heavy atom. The molecule has 0 saturated carbocycles. The summed E-state index contributed by atoms with van der Waals surface area (Å²) in [7, 11) is 1.49. The molecule has 0 saturated heterocycles. The zero-order chi connectivity index (χ0) is 16.0. The van der Waals surface area contributed by atoms with Gasteiger partial charge in [0.05, 0.1) is 18.6 Å². The van der Waals surface area contributed by atoms with Crippen molar-refractivity contribution < 1.29 is 24.2 Å². The third-order valence-electron chi connectivity index (χ3n) is 2.58. The van der Waals surface area contributed by atoms with Gasteiger partial charge in [0.15, 0.2) is 0 Å². The summed E-state index contributed by atoms with van der Waals surface area (Å²) in [5.41, 5.74) is 0.305. The first-order valence-corrected chi connectivity index (χ1v) is 7.18. The number of carbonyl (C=O) groups is 3. The highest BCUT2D eigenvalue weighted by Crippen LogP contribution is 2.28. The number of hydrogen-bond acceptors (Lipinski definition) is 5. The lowest BCUT2D eigenvalue weighted by Crippen LogP contribution is -2.33. The number of thiophene rings is 1. The maximum atomic E-state index is 11.9. The van der Waals surface area contributed by atoms with Crippen LogP contribution in [-0.2, 0) is 9.53 Å². The fraction of sp³-hybridized carbons (Fsp3) is 0.462. The van der Waals surface area contributed by atoms with Crippen molar-refractivity contribution in [1.29, 1.82) is 0 Å². The highest BCUT2D eigenvalue weighted by Gasteiger charge is 2.19. The van der Waals surface area contributed by atoms with Crippen LogP contribution in [0.25, 0.3) is 0 Å². The second-order valence-electron chi connectivity index (χ2n) is 4.32. The van der Waals surface area contributed by atoms with Gasteiger partial charge < -0.3 is 14.7 Å². The predicted molar refractivity (Wildman–Crippen MR) is 78.9 cm³/mol. The molecule has 2 N–H and O–H groups in total. The summed E-state index contributed by atoms with van der Waals surface area (Å²) in [4.78, 5) is 36.3. The quantitative estimate of drug-likeness (QED) is 0.785. The molecule has 1 aromatic rings. The predicted octanol–water partition coefficient (Wildman–Crippen LogP) is 2.17. The van der Waals surface area contributed by atoms with Crippen molar-refractivity contribution >= 4 is 34.3 Å². The van der Waals surface area contributed by atoms with E-state index < -0.39 is 18.0 Å². The number of urea groups is 1. The van der Waals surface area contributed by atoms with Gasteiger partial charge in [-0.3, -0.25) is 10.1 Å². The molecule has 0 radical (unpaired) electrons. The standard InChI is InChI=1S/C13H18N2O5S/c1-4-20-12(18)9-7-8(2)21-11(9)14-13(19)15(3)6-5-10(16)17/h7H,4-6H2,1-3H3,(H,14,19)(H,16,17). The smallest absolute Gasteiger partial charge is 0.341 e. The molecular formula is C13H18N2O5S. The molecular weight excluding hydrogens is 296 g/mol. The first-order chi connectivity index (χ1) is 9.85. The van der Waals surface area contributed by atoms with Crippen molar-refractivity contribution in [2.45, 2.75) is 20.3 Å². The minimum Gasteiger partial charge on any atom is -0.481 e. The molecule has 0 atom stereocenters. The Morgan fingerprint density at radius 1 is 1.43 bits per heavy atom. The van der Waals surface area contributed by atoms with Crippen molar-refractivity contribution in [2.75, 3.05) is 25.5 Å². The summed E-state index contributed by atoms with van der Waals surface area (Å²) in [6.45, 7) is 3.85. The molecule has 1 rings (SSSR count). The van der Waals surface area contributed by atoms with Crippen LogP contribution in [0.2, 0.25) is 0 Å². The van der Waals surface area contributed by atoms with Crippen LogP contribution in [0.3, 0.4) is 0 Å². The Morgan fingerprint density at radius 2 is 2.10 bits per heavy atom. The number of hydrogen-bond donors (Lipinski definition) is 2. The van der Waals surface area contributed by atoms with Crippen LogP contribution in [-0.4, -0.2) is 48.2 Å². The summed E-state index contributed by atoms with van der Waals surface area (Å²) in [5, 5.41) is 11.6. The Labute approximate surface area is 126 Å². The van der Waals surface area contributed by atoms with E-state index in [2.05, 4.69) is 5.32 Å². The Kier molecular flexibility index (Phi) is 6.16. The van der Waals surface area contributed by atoms with Crippen LogP contribution < -0.4 is 5.32 Å². The molecule has 0 aliphatic carbocycles. The van der Waals surface area contributed by atoms with Gasteiger partial charge in [-0.25, -0.2) is 9.59 Å². The van der Waals surface area contributed by atoms with E-state index in [9.17, 15) is 14.4 Å². The van der Waals surface area contributed by atoms with Gasteiger partial charge in [0, 0.05) is 18.5 Å². The highest BCUT2D eigenvalue weighted by molar-refractivity contribution is 7.16. The van der Waals surface area contributed by atoms with E-state index in [0.717, 1.165) is 4.88 Å². The fourth-order valence-electron chi connectivity index (χ4n) is 1.53. The summed E-state index contributed by atoms with van der Waals surface area (Å²) in [6, 6.07) is 1.18. The van der Waals surface area contributed by atoms with Crippen LogP contribution in [0, 0.1) is 6.92 Å². The van der Waals surface area contributed by atoms with E-state index in [1.807, 2.05) is 6.92 Å². The van der Waals surface area contributed by atoms with Crippen LogP contribution >= 0.6 is 11.3 Å². The largest absolute Gasteiger partial charge is 0.481 e. The number of rotatable bonds is 6. The van der Waals surface area contributed by atoms with Gasteiger partial charge in [0.1, 0.15) is 5.00 Å². The summed E-state index contributed by atoms with van der Waals surface area (Å²) >= 11 is 1.26. The lowest BCUT2D eigenvalue weighted by molar-refractivity contribution is -0.137.